The van der Waals surface area contributed by atoms with Gasteiger partial charge in [0.2, 0.25) is 0 Å². The first kappa shape index (κ1) is 9.27. The summed E-state index contributed by atoms with van der Waals surface area (Å²) in [7, 11) is 0. The van der Waals surface area contributed by atoms with Crippen LogP contribution in [0, 0.1) is 5.82 Å². The lowest BCUT2D eigenvalue weighted by molar-refractivity contribution is 0.627. The largest absolute Gasteiger partial charge is 0.386 e. The molecule has 1 aliphatic heterocycles. The summed E-state index contributed by atoms with van der Waals surface area (Å²) < 4.78 is 13.1. The molecule has 0 saturated heterocycles. The molecule has 0 aromatic heterocycles. The number of nitrogens with two attached hydrogens (primary N) is 1. The molecule has 0 radical (unpaired) electrons. The summed E-state index contributed by atoms with van der Waals surface area (Å²) in [6.07, 6.45) is 0.713. The van der Waals surface area contributed by atoms with Gasteiger partial charge < -0.3 is 5.73 Å². The molecule has 5 heteroatoms. The number of rotatable bonds is 1. The molecule has 3 nitrogen and oxygen atoms in total. The number of benzene rings is 1. The molecule has 0 bridgehead atoms. The van der Waals surface area contributed by atoms with Crippen molar-refractivity contribution in [3.05, 3.63) is 29.0 Å². The Hall–Kier alpha value is -1.29. The second-order valence-corrected chi connectivity index (χ2v) is 3.47. The minimum Gasteiger partial charge on any atom is -0.386 e. The maximum absolute atomic E-state index is 13.1. The van der Waals surface area contributed by atoms with Gasteiger partial charge in [0, 0.05) is 19.0 Å². The molecule has 2 N–H and O–H groups in total. The first-order valence-electron chi connectivity index (χ1n) is 4.22. The summed E-state index contributed by atoms with van der Waals surface area (Å²) in [6, 6.07) is 4.58. The van der Waals surface area contributed by atoms with Crippen molar-refractivity contribution in [1.82, 2.24) is 0 Å². The first-order valence-corrected chi connectivity index (χ1v) is 4.60. The summed E-state index contributed by atoms with van der Waals surface area (Å²) in [6.45, 7) is 0.687. The van der Waals surface area contributed by atoms with Crippen molar-refractivity contribution in [2.45, 2.75) is 6.42 Å². The Morgan fingerprint density at radius 2 is 2.29 bits per heavy atom. The highest BCUT2D eigenvalue weighted by Crippen LogP contribution is 2.23. The molecule has 1 aromatic carbocycles. The zero-order valence-corrected chi connectivity index (χ0v) is 8.13. The molecule has 2 rings (SSSR count). The minimum absolute atomic E-state index is 0.116. The fourth-order valence-electron chi connectivity index (χ4n) is 1.31. The Morgan fingerprint density at radius 1 is 1.50 bits per heavy atom. The van der Waals surface area contributed by atoms with E-state index in [1.54, 1.807) is 11.1 Å². The standard InChI is InChI=1S/C9H9ClFN3/c10-7-2-1-6(5-8(7)11)14-4-3-9(12)13-14/h1-2,5H,3-4H2,(H2,12,13). The van der Waals surface area contributed by atoms with Crippen LogP contribution in [0.25, 0.3) is 0 Å². The normalized spacial score (nSPS) is 15.9. The topological polar surface area (TPSA) is 41.6 Å². The van der Waals surface area contributed by atoms with E-state index < -0.39 is 5.82 Å². The Balaban J connectivity index is 2.29. The molecule has 74 valence electrons. The van der Waals surface area contributed by atoms with E-state index in [0.717, 1.165) is 0 Å². The maximum atomic E-state index is 13.1. The van der Waals surface area contributed by atoms with Crippen LogP contribution in [-0.2, 0) is 0 Å². The van der Waals surface area contributed by atoms with Gasteiger partial charge in [-0.1, -0.05) is 11.6 Å². The highest BCUT2D eigenvalue weighted by atomic mass is 35.5. The van der Waals surface area contributed by atoms with Crippen LogP contribution in [0.1, 0.15) is 6.42 Å². The van der Waals surface area contributed by atoms with Crippen molar-refractivity contribution < 1.29 is 4.39 Å². The predicted molar refractivity (Wildman–Crippen MR) is 55.0 cm³/mol. The van der Waals surface area contributed by atoms with Gasteiger partial charge in [-0.3, -0.25) is 5.01 Å². The van der Waals surface area contributed by atoms with Crippen molar-refractivity contribution >= 4 is 23.1 Å². The van der Waals surface area contributed by atoms with Gasteiger partial charge in [0.15, 0.2) is 0 Å². The van der Waals surface area contributed by atoms with Crippen LogP contribution >= 0.6 is 11.6 Å². The number of hydrogen-bond donors (Lipinski definition) is 1. The molecule has 1 aliphatic rings. The number of anilines is 1. The molecule has 1 heterocycles. The predicted octanol–water partition coefficient (Wildman–Crippen LogP) is 1.96. The highest BCUT2D eigenvalue weighted by Gasteiger charge is 2.14. The van der Waals surface area contributed by atoms with Gasteiger partial charge in [0.25, 0.3) is 0 Å². The average Bonchev–Trinajstić information content (AvgIpc) is 2.57. The van der Waals surface area contributed by atoms with Crippen molar-refractivity contribution in [1.29, 1.82) is 0 Å². The molecule has 0 atom stereocenters. The molecular formula is C9H9ClFN3. The summed E-state index contributed by atoms with van der Waals surface area (Å²) in [5.74, 6) is 0.130. The first-order chi connectivity index (χ1) is 6.66. The van der Waals surface area contributed by atoms with Gasteiger partial charge in [-0.2, -0.15) is 5.10 Å². The van der Waals surface area contributed by atoms with Gasteiger partial charge in [-0.05, 0) is 12.1 Å². The van der Waals surface area contributed by atoms with Crippen LogP contribution in [0.5, 0.6) is 0 Å². The van der Waals surface area contributed by atoms with Crippen molar-refractivity contribution in [3.8, 4) is 0 Å². The lowest BCUT2D eigenvalue weighted by atomic mass is 10.3. The Morgan fingerprint density at radius 3 is 2.86 bits per heavy atom. The summed E-state index contributed by atoms with van der Waals surface area (Å²) in [4.78, 5) is 0. The van der Waals surface area contributed by atoms with Crippen LogP contribution in [-0.4, -0.2) is 12.4 Å². The fourth-order valence-corrected chi connectivity index (χ4v) is 1.43. The van der Waals surface area contributed by atoms with Crippen molar-refractivity contribution in [3.63, 3.8) is 0 Å². The third-order valence-electron chi connectivity index (χ3n) is 2.03. The molecule has 0 spiro atoms. The quantitative estimate of drug-likeness (QED) is 0.775. The minimum atomic E-state index is -0.440. The van der Waals surface area contributed by atoms with E-state index in [-0.39, 0.29) is 5.02 Å². The van der Waals surface area contributed by atoms with Crippen LogP contribution < -0.4 is 10.7 Å². The Labute approximate surface area is 86.0 Å². The molecular weight excluding hydrogens is 205 g/mol. The molecule has 0 fully saturated rings. The maximum Gasteiger partial charge on any atom is 0.143 e. The monoisotopic (exact) mass is 213 g/mol. The molecule has 0 unspecified atom stereocenters. The lowest BCUT2D eigenvalue weighted by Crippen LogP contribution is -2.11. The molecule has 14 heavy (non-hydrogen) atoms. The number of nitrogens with zero attached hydrogens (tertiary/aromatic N) is 2. The summed E-state index contributed by atoms with van der Waals surface area (Å²) >= 11 is 5.56. The molecule has 1 aromatic rings. The summed E-state index contributed by atoms with van der Waals surface area (Å²) in [5.41, 5.74) is 6.19. The number of amidine groups is 1. The zero-order chi connectivity index (χ0) is 10.1. The molecule has 0 amide bonds. The van der Waals surface area contributed by atoms with E-state index >= 15 is 0 Å². The van der Waals surface area contributed by atoms with Crippen molar-refractivity contribution in [2.75, 3.05) is 11.6 Å². The smallest absolute Gasteiger partial charge is 0.143 e. The number of hydrazone groups is 1. The van der Waals surface area contributed by atoms with Gasteiger partial charge in [-0.15, -0.1) is 0 Å². The average molecular weight is 214 g/mol. The van der Waals surface area contributed by atoms with Crippen LogP contribution in [0.4, 0.5) is 10.1 Å². The second kappa shape index (κ2) is 3.46. The third kappa shape index (κ3) is 1.65. The van der Waals surface area contributed by atoms with E-state index in [0.29, 0.717) is 24.5 Å². The SMILES string of the molecule is NC1=NN(c2ccc(Cl)c(F)c2)CC1. The van der Waals surface area contributed by atoms with Crippen molar-refractivity contribution in [2.24, 2.45) is 10.8 Å². The van der Waals surface area contributed by atoms with Gasteiger partial charge in [0.1, 0.15) is 11.7 Å². The van der Waals surface area contributed by atoms with Crippen LogP contribution in [0.2, 0.25) is 5.02 Å². The van der Waals surface area contributed by atoms with Crippen LogP contribution in [0.3, 0.4) is 0 Å². The van der Waals surface area contributed by atoms with Gasteiger partial charge >= 0.3 is 0 Å². The number of hydrogen-bond acceptors (Lipinski definition) is 3. The highest BCUT2D eigenvalue weighted by molar-refractivity contribution is 6.30. The third-order valence-corrected chi connectivity index (χ3v) is 2.34. The summed E-state index contributed by atoms with van der Waals surface area (Å²) in [5, 5.41) is 5.82. The molecule has 0 aliphatic carbocycles. The Kier molecular flexibility index (Phi) is 2.29. The Bertz CT molecular complexity index is 392. The van der Waals surface area contributed by atoms with E-state index in [2.05, 4.69) is 5.10 Å². The van der Waals surface area contributed by atoms with Gasteiger partial charge in [0.05, 0.1) is 10.7 Å². The fraction of sp³-hybridized carbons (Fsp3) is 0.222. The van der Waals surface area contributed by atoms with E-state index in [1.165, 1.54) is 12.1 Å². The van der Waals surface area contributed by atoms with E-state index in [9.17, 15) is 4.39 Å². The number of halogens is 2. The van der Waals surface area contributed by atoms with E-state index in [4.69, 9.17) is 17.3 Å². The van der Waals surface area contributed by atoms with Crippen LogP contribution in [0.15, 0.2) is 23.3 Å². The lowest BCUT2D eigenvalue weighted by Gasteiger charge is -2.13. The molecule has 0 saturated carbocycles. The second-order valence-electron chi connectivity index (χ2n) is 3.06. The van der Waals surface area contributed by atoms with E-state index in [1.807, 2.05) is 0 Å². The van der Waals surface area contributed by atoms with Gasteiger partial charge in [-0.25, -0.2) is 4.39 Å². The zero-order valence-electron chi connectivity index (χ0n) is 7.37.